The summed E-state index contributed by atoms with van der Waals surface area (Å²) in [7, 11) is 0. The summed E-state index contributed by atoms with van der Waals surface area (Å²) in [6.45, 7) is 5.85. The van der Waals surface area contributed by atoms with Gasteiger partial charge in [0.15, 0.2) is 5.78 Å². The summed E-state index contributed by atoms with van der Waals surface area (Å²) < 4.78 is 0. The van der Waals surface area contributed by atoms with E-state index in [0.717, 1.165) is 11.1 Å². The van der Waals surface area contributed by atoms with Crippen LogP contribution >= 0.6 is 23.2 Å². The molecule has 2 aromatic carbocycles. The van der Waals surface area contributed by atoms with Crippen LogP contribution in [0.4, 0.5) is 0 Å². The molecule has 3 nitrogen and oxygen atoms in total. The zero-order valence-corrected chi connectivity index (χ0v) is 16.4. The van der Waals surface area contributed by atoms with Gasteiger partial charge in [-0.2, -0.15) is 0 Å². The molecule has 0 saturated carbocycles. The summed E-state index contributed by atoms with van der Waals surface area (Å²) in [5, 5.41) is 0.785. The minimum Gasteiger partial charge on any atom is -0.322 e. The van der Waals surface area contributed by atoms with E-state index in [1.165, 1.54) is 0 Å². The van der Waals surface area contributed by atoms with Crippen molar-refractivity contribution in [2.75, 3.05) is 6.54 Å². The fourth-order valence-corrected chi connectivity index (χ4v) is 3.82. The Morgan fingerprint density at radius 1 is 1.04 bits per heavy atom. The topological polar surface area (TPSA) is 37.4 Å². The van der Waals surface area contributed by atoms with Gasteiger partial charge in [-0.05, 0) is 50.1 Å². The minimum atomic E-state index is -1.02. The first-order valence-corrected chi connectivity index (χ1v) is 9.05. The molecule has 26 heavy (non-hydrogen) atoms. The lowest BCUT2D eigenvalue weighted by Crippen LogP contribution is -2.51. The number of nitrogens with zero attached hydrogens (tertiary/aromatic N) is 1. The fourth-order valence-electron chi connectivity index (χ4n) is 3.29. The van der Waals surface area contributed by atoms with E-state index < -0.39 is 5.54 Å². The van der Waals surface area contributed by atoms with Crippen LogP contribution in [0.2, 0.25) is 10.0 Å². The molecule has 1 amide bonds. The van der Waals surface area contributed by atoms with Crippen LogP contribution in [0.25, 0.3) is 5.57 Å². The van der Waals surface area contributed by atoms with Gasteiger partial charge in [0, 0.05) is 27.7 Å². The molecule has 2 aromatic rings. The van der Waals surface area contributed by atoms with E-state index in [0.29, 0.717) is 27.7 Å². The molecule has 0 aliphatic carbocycles. The van der Waals surface area contributed by atoms with Crippen LogP contribution in [0.1, 0.15) is 36.7 Å². The lowest BCUT2D eigenvalue weighted by molar-refractivity contribution is -0.127. The second-order valence-electron chi connectivity index (χ2n) is 6.96. The summed E-state index contributed by atoms with van der Waals surface area (Å²) in [5.74, 6) is -0.336. The standard InChI is InChI=1S/C21H19Cl2NO2/c1-13-12-24(20(26)18(13)14-7-5-4-6-8-14)21(2,3)19(25)15-9-16(22)11-17(23)10-15/h4-11H,12H2,1-3H3. The largest absolute Gasteiger partial charge is 0.322 e. The van der Waals surface area contributed by atoms with Gasteiger partial charge in [-0.15, -0.1) is 0 Å². The first-order chi connectivity index (χ1) is 12.2. The molecule has 1 aliphatic rings. The number of rotatable bonds is 4. The van der Waals surface area contributed by atoms with Gasteiger partial charge in [0.2, 0.25) is 0 Å². The monoisotopic (exact) mass is 387 g/mol. The zero-order valence-electron chi connectivity index (χ0n) is 14.8. The second-order valence-corrected chi connectivity index (χ2v) is 7.83. The second kappa shape index (κ2) is 6.90. The molecule has 0 spiro atoms. The third-order valence-electron chi connectivity index (χ3n) is 4.70. The van der Waals surface area contributed by atoms with E-state index in [4.69, 9.17) is 23.2 Å². The highest BCUT2D eigenvalue weighted by Gasteiger charge is 2.43. The van der Waals surface area contributed by atoms with Crippen LogP contribution in [0.3, 0.4) is 0 Å². The Morgan fingerprint density at radius 2 is 1.62 bits per heavy atom. The third kappa shape index (κ3) is 3.29. The molecule has 3 rings (SSSR count). The lowest BCUT2D eigenvalue weighted by atomic mass is 9.91. The average molecular weight is 388 g/mol. The quantitative estimate of drug-likeness (QED) is 0.669. The summed E-state index contributed by atoms with van der Waals surface area (Å²) in [6, 6.07) is 14.3. The molecule has 0 N–H and O–H groups in total. The van der Waals surface area contributed by atoms with Gasteiger partial charge >= 0.3 is 0 Å². The van der Waals surface area contributed by atoms with E-state index in [2.05, 4.69) is 0 Å². The normalized spacial score (nSPS) is 15.0. The Labute approximate surface area is 163 Å². The van der Waals surface area contributed by atoms with Crippen LogP contribution in [0.15, 0.2) is 54.1 Å². The van der Waals surface area contributed by atoms with Crippen LogP contribution < -0.4 is 0 Å². The molecule has 0 radical (unpaired) electrons. The van der Waals surface area contributed by atoms with Crippen molar-refractivity contribution in [1.82, 2.24) is 4.90 Å². The van der Waals surface area contributed by atoms with Gasteiger partial charge in [-0.3, -0.25) is 9.59 Å². The van der Waals surface area contributed by atoms with Gasteiger partial charge in [-0.25, -0.2) is 0 Å². The van der Waals surface area contributed by atoms with Gasteiger partial charge in [-0.1, -0.05) is 53.5 Å². The number of ketones is 1. The van der Waals surface area contributed by atoms with Crippen LogP contribution in [0, 0.1) is 0 Å². The molecule has 5 heteroatoms. The van der Waals surface area contributed by atoms with Crippen molar-refractivity contribution < 1.29 is 9.59 Å². The van der Waals surface area contributed by atoms with Gasteiger partial charge in [0.1, 0.15) is 5.54 Å². The Balaban J connectivity index is 1.94. The minimum absolute atomic E-state index is 0.139. The molecule has 1 heterocycles. The van der Waals surface area contributed by atoms with E-state index in [1.54, 1.807) is 36.9 Å². The molecule has 0 fully saturated rings. The SMILES string of the molecule is CC1=C(c2ccccc2)C(=O)N(C(C)(C)C(=O)c2cc(Cl)cc(Cl)c2)C1. The Hall–Kier alpha value is -2.10. The third-order valence-corrected chi connectivity index (χ3v) is 5.14. The maximum Gasteiger partial charge on any atom is 0.255 e. The van der Waals surface area contributed by atoms with Crippen molar-refractivity contribution in [3.8, 4) is 0 Å². The summed E-state index contributed by atoms with van der Waals surface area (Å²) in [4.78, 5) is 27.8. The molecule has 0 bridgehead atoms. The Bertz CT molecular complexity index is 897. The molecular weight excluding hydrogens is 369 g/mol. The van der Waals surface area contributed by atoms with E-state index in [-0.39, 0.29) is 11.7 Å². The number of Topliss-reactive ketones (excluding diaryl/α,β-unsaturated/α-hetero) is 1. The van der Waals surface area contributed by atoms with Crippen LogP contribution in [0.5, 0.6) is 0 Å². The molecule has 1 aliphatic heterocycles. The Kier molecular flexibility index (Phi) is 4.96. The Morgan fingerprint density at radius 3 is 2.19 bits per heavy atom. The summed E-state index contributed by atoms with van der Waals surface area (Å²) in [6.07, 6.45) is 0. The number of carbonyl (C=O) groups excluding carboxylic acids is 2. The first kappa shape index (κ1) is 18.7. The number of hydrogen-bond acceptors (Lipinski definition) is 2. The van der Waals surface area contributed by atoms with Crippen LogP contribution in [-0.4, -0.2) is 28.7 Å². The van der Waals surface area contributed by atoms with Crippen molar-refractivity contribution in [3.63, 3.8) is 0 Å². The van der Waals surface area contributed by atoms with E-state index in [9.17, 15) is 9.59 Å². The first-order valence-electron chi connectivity index (χ1n) is 8.30. The predicted molar refractivity (Wildman–Crippen MR) is 106 cm³/mol. The fraction of sp³-hybridized carbons (Fsp3) is 0.238. The highest BCUT2D eigenvalue weighted by Crippen LogP contribution is 2.34. The van der Waals surface area contributed by atoms with Gasteiger partial charge < -0.3 is 4.90 Å². The number of benzene rings is 2. The highest BCUT2D eigenvalue weighted by atomic mass is 35.5. The molecule has 134 valence electrons. The number of hydrogen-bond donors (Lipinski definition) is 0. The summed E-state index contributed by atoms with van der Waals surface area (Å²) in [5.41, 5.74) is 1.85. The predicted octanol–water partition coefficient (Wildman–Crippen LogP) is 5.27. The van der Waals surface area contributed by atoms with Crippen molar-refractivity contribution >= 4 is 40.5 Å². The summed E-state index contributed by atoms with van der Waals surface area (Å²) >= 11 is 12.1. The average Bonchev–Trinajstić information content (AvgIpc) is 2.89. The van der Waals surface area contributed by atoms with Gasteiger partial charge in [0.25, 0.3) is 5.91 Å². The molecule has 0 atom stereocenters. The van der Waals surface area contributed by atoms with Crippen molar-refractivity contribution in [1.29, 1.82) is 0 Å². The smallest absolute Gasteiger partial charge is 0.255 e. The molecular formula is C21H19Cl2NO2. The highest BCUT2D eigenvalue weighted by molar-refractivity contribution is 6.35. The molecule has 0 saturated heterocycles. The molecule has 0 aromatic heterocycles. The maximum atomic E-state index is 13.1. The number of amides is 1. The zero-order chi connectivity index (χ0) is 19.1. The van der Waals surface area contributed by atoms with Crippen LogP contribution in [-0.2, 0) is 4.79 Å². The van der Waals surface area contributed by atoms with E-state index >= 15 is 0 Å². The van der Waals surface area contributed by atoms with Crippen molar-refractivity contribution in [2.45, 2.75) is 26.3 Å². The van der Waals surface area contributed by atoms with Crippen molar-refractivity contribution in [3.05, 3.63) is 75.3 Å². The maximum absolute atomic E-state index is 13.1. The molecule has 0 unspecified atom stereocenters. The van der Waals surface area contributed by atoms with Crippen molar-refractivity contribution in [2.24, 2.45) is 0 Å². The van der Waals surface area contributed by atoms with Gasteiger partial charge in [0.05, 0.1) is 0 Å². The lowest BCUT2D eigenvalue weighted by Gasteiger charge is -2.34. The number of halogens is 2. The van der Waals surface area contributed by atoms with E-state index in [1.807, 2.05) is 37.3 Å². The number of carbonyl (C=O) groups is 2.